The summed E-state index contributed by atoms with van der Waals surface area (Å²) in [4.78, 5) is 19.8. The van der Waals surface area contributed by atoms with Gasteiger partial charge in [-0.25, -0.2) is 4.79 Å². The third kappa shape index (κ3) is 3.21. The number of hydrogen-bond acceptors (Lipinski definition) is 4. The van der Waals surface area contributed by atoms with Crippen molar-refractivity contribution in [2.45, 2.75) is 19.9 Å². The van der Waals surface area contributed by atoms with Gasteiger partial charge in [0, 0.05) is 18.4 Å². The lowest BCUT2D eigenvalue weighted by molar-refractivity contribution is 0.0187. The maximum absolute atomic E-state index is 11.2. The van der Waals surface area contributed by atoms with Crippen LogP contribution in [0.5, 0.6) is 0 Å². The molecule has 70 valence electrons. The molecule has 0 spiro atoms. The van der Waals surface area contributed by atoms with Gasteiger partial charge >= 0.3 is 5.97 Å². The Hall–Kier alpha value is -1.42. The number of aromatic nitrogens is 1. The summed E-state index contributed by atoms with van der Waals surface area (Å²) in [6.45, 7) is 3.77. The van der Waals surface area contributed by atoms with Gasteiger partial charge in [0.15, 0.2) is 0 Å². The van der Waals surface area contributed by atoms with Gasteiger partial charge in [-0.2, -0.15) is 5.48 Å². The second-order valence-corrected chi connectivity index (χ2v) is 2.90. The molecule has 0 unspecified atom stereocenters. The second-order valence-electron chi connectivity index (χ2n) is 2.90. The summed E-state index contributed by atoms with van der Waals surface area (Å²) in [5, 5.41) is 0. The molecule has 0 amide bonds. The molecule has 4 nitrogen and oxygen atoms in total. The van der Waals surface area contributed by atoms with E-state index in [1.807, 2.05) is 13.8 Å². The van der Waals surface area contributed by atoms with Crippen LogP contribution in [0.15, 0.2) is 24.5 Å². The van der Waals surface area contributed by atoms with Gasteiger partial charge in [0.1, 0.15) is 0 Å². The highest BCUT2D eigenvalue weighted by molar-refractivity contribution is 5.88. The summed E-state index contributed by atoms with van der Waals surface area (Å²) in [5.41, 5.74) is 3.01. The first-order valence-corrected chi connectivity index (χ1v) is 4.07. The van der Waals surface area contributed by atoms with Gasteiger partial charge < -0.3 is 4.84 Å². The van der Waals surface area contributed by atoms with Crippen LogP contribution < -0.4 is 5.48 Å². The summed E-state index contributed by atoms with van der Waals surface area (Å²) in [5.74, 6) is -0.415. The fourth-order valence-electron chi connectivity index (χ4n) is 0.714. The predicted molar refractivity (Wildman–Crippen MR) is 47.9 cm³/mol. The number of hydrogen-bond donors (Lipinski definition) is 1. The number of carbonyl (C=O) groups excluding carboxylic acids is 1. The van der Waals surface area contributed by atoms with E-state index in [0.717, 1.165) is 0 Å². The lowest BCUT2D eigenvalue weighted by atomic mass is 10.3. The van der Waals surface area contributed by atoms with Crippen LogP contribution in [0.2, 0.25) is 0 Å². The van der Waals surface area contributed by atoms with Crippen LogP contribution in [0.4, 0.5) is 0 Å². The average molecular weight is 180 g/mol. The first kappa shape index (κ1) is 9.67. The zero-order valence-corrected chi connectivity index (χ0v) is 7.65. The van der Waals surface area contributed by atoms with E-state index in [4.69, 9.17) is 4.84 Å². The molecule has 0 fully saturated rings. The molecule has 0 atom stereocenters. The molecule has 1 rings (SSSR count). The van der Waals surface area contributed by atoms with Gasteiger partial charge in [-0.05, 0) is 26.0 Å². The molecule has 0 bridgehead atoms. The lowest BCUT2D eigenvalue weighted by Crippen LogP contribution is -2.26. The first-order valence-electron chi connectivity index (χ1n) is 4.07. The van der Waals surface area contributed by atoms with E-state index in [1.165, 1.54) is 6.20 Å². The minimum atomic E-state index is -0.415. The Morgan fingerprint density at radius 3 is 2.92 bits per heavy atom. The molecule has 1 aromatic heterocycles. The lowest BCUT2D eigenvalue weighted by Gasteiger charge is -2.07. The number of carbonyl (C=O) groups is 1. The number of nitrogens with zero attached hydrogens (tertiary/aromatic N) is 1. The second kappa shape index (κ2) is 4.57. The van der Waals surface area contributed by atoms with Crippen LogP contribution in [0.3, 0.4) is 0 Å². The van der Waals surface area contributed by atoms with E-state index < -0.39 is 5.97 Å². The average Bonchev–Trinajstić information content (AvgIpc) is 2.15. The van der Waals surface area contributed by atoms with Gasteiger partial charge in [-0.1, -0.05) is 0 Å². The molecule has 13 heavy (non-hydrogen) atoms. The van der Waals surface area contributed by atoms with Crippen LogP contribution >= 0.6 is 0 Å². The molecule has 0 saturated carbocycles. The molecule has 1 aromatic rings. The molecule has 1 N–H and O–H groups in total. The maximum Gasteiger partial charge on any atom is 0.358 e. The van der Waals surface area contributed by atoms with E-state index in [1.54, 1.807) is 18.3 Å². The molecule has 0 aliphatic carbocycles. The Balaban J connectivity index is 2.50. The van der Waals surface area contributed by atoms with Crippen LogP contribution in [0.25, 0.3) is 0 Å². The fourth-order valence-corrected chi connectivity index (χ4v) is 0.714. The largest absolute Gasteiger partial charge is 0.366 e. The first-order chi connectivity index (χ1) is 6.20. The number of pyridine rings is 1. The molecule has 0 aromatic carbocycles. The highest BCUT2D eigenvalue weighted by Crippen LogP contribution is 1.97. The molecular weight excluding hydrogens is 168 g/mol. The summed E-state index contributed by atoms with van der Waals surface area (Å²) in [7, 11) is 0. The number of rotatable bonds is 3. The summed E-state index contributed by atoms with van der Waals surface area (Å²) < 4.78 is 0. The molecule has 0 aliphatic rings. The van der Waals surface area contributed by atoms with Crippen molar-refractivity contribution in [2.75, 3.05) is 0 Å². The standard InChI is InChI=1S/C9H12N2O2/c1-7(2)11-13-9(12)8-4-3-5-10-6-8/h3-7,11H,1-2H3. The fraction of sp³-hybridized carbons (Fsp3) is 0.333. The van der Waals surface area contributed by atoms with E-state index >= 15 is 0 Å². The topological polar surface area (TPSA) is 51.2 Å². The molecule has 0 radical (unpaired) electrons. The van der Waals surface area contributed by atoms with Gasteiger partial charge in [-0.3, -0.25) is 4.98 Å². The number of hydroxylamine groups is 1. The summed E-state index contributed by atoms with van der Waals surface area (Å²) in [6.07, 6.45) is 3.07. The smallest absolute Gasteiger partial charge is 0.358 e. The van der Waals surface area contributed by atoms with E-state index in [2.05, 4.69) is 10.5 Å². The maximum atomic E-state index is 11.2. The zero-order chi connectivity index (χ0) is 9.68. The van der Waals surface area contributed by atoms with Crippen molar-refractivity contribution in [1.82, 2.24) is 10.5 Å². The molecule has 1 heterocycles. The Morgan fingerprint density at radius 2 is 2.38 bits per heavy atom. The van der Waals surface area contributed by atoms with Gasteiger partial charge in [0.25, 0.3) is 0 Å². The highest BCUT2D eigenvalue weighted by Gasteiger charge is 2.06. The van der Waals surface area contributed by atoms with Crippen LogP contribution in [0.1, 0.15) is 24.2 Å². The van der Waals surface area contributed by atoms with E-state index in [9.17, 15) is 4.79 Å². The molecular formula is C9H12N2O2. The zero-order valence-electron chi connectivity index (χ0n) is 7.65. The van der Waals surface area contributed by atoms with Crippen LogP contribution in [-0.4, -0.2) is 17.0 Å². The third-order valence-corrected chi connectivity index (χ3v) is 1.28. The highest BCUT2D eigenvalue weighted by atomic mass is 16.7. The Morgan fingerprint density at radius 1 is 1.62 bits per heavy atom. The minimum Gasteiger partial charge on any atom is -0.366 e. The van der Waals surface area contributed by atoms with Crippen molar-refractivity contribution in [3.8, 4) is 0 Å². The molecule has 4 heteroatoms. The van der Waals surface area contributed by atoms with Crippen molar-refractivity contribution in [3.05, 3.63) is 30.1 Å². The third-order valence-electron chi connectivity index (χ3n) is 1.28. The normalized spacial score (nSPS) is 10.1. The van der Waals surface area contributed by atoms with Gasteiger partial charge in [0.2, 0.25) is 0 Å². The quantitative estimate of drug-likeness (QED) is 0.709. The molecule has 0 saturated heterocycles. The van der Waals surface area contributed by atoms with Crippen LogP contribution in [-0.2, 0) is 4.84 Å². The Labute approximate surface area is 76.9 Å². The van der Waals surface area contributed by atoms with Crippen molar-refractivity contribution in [1.29, 1.82) is 0 Å². The van der Waals surface area contributed by atoms with Crippen molar-refractivity contribution in [3.63, 3.8) is 0 Å². The van der Waals surface area contributed by atoms with Crippen LogP contribution in [0, 0.1) is 0 Å². The SMILES string of the molecule is CC(C)NOC(=O)c1cccnc1. The summed E-state index contributed by atoms with van der Waals surface area (Å²) >= 11 is 0. The predicted octanol–water partition coefficient (Wildman–Crippen LogP) is 1.15. The Kier molecular flexibility index (Phi) is 3.40. The van der Waals surface area contributed by atoms with Crippen molar-refractivity contribution >= 4 is 5.97 Å². The van der Waals surface area contributed by atoms with Gasteiger partial charge in [-0.15, -0.1) is 0 Å². The summed E-state index contributed by atoms with van der Waals surface area (Å²) in [6, 6.07) is 3.45. The number of nitrogens with one attached hydrogen (secondary N) is 1. The van der Waals surface area contributed by atoms with Crippen molar-refractivity contribution < 1.29 is 9.63 Å². The van der Waals surface area contributed by atoms with Gasteiger partial charge in [0.05, 0.1) is 5.56 Å². The van der Waals surface area contributed by atoms with E-state index in [-0.39, 0.29) is 6.04 Å². The monoisotopic (exact) mass is 180 g/mol. The Bertz CT molecular complexity index is 272. The van der Waals surface area contributed by atoms with E-state index in [0.29, 0.717) is 5.56 Å². The van der Waals surface area contributed by atoms with Crippen molar-refractivity contribution in [2.24, 2.45) is 0 Å². The molecule has 0 aliphatic heterocycles. The minimum absolute atomic E-state index is 0.112.